The first-order valence-corrected chi connectivity index (χ1v) is 11.7. The second-order valence-corrected chi connectivity index (χ2v) is 8.52. The lowest BCUT2D eigenvalue weighted by molar-refractivity contribution is 0.102. The Morgan fingerprint density at radius 2 is 2.15 bits per heavy atom. The Morgan fingerprint density at radius 3 is 2.94 bits per heavy atom. The summed E-state index contributed by atoms with van der Waals surface area (Å²) in [4.78, 5) is 21.6. The molecular formula is C25H28N6O3. The number of benzene rings is 1. The summed E-state index contributed by atoms with van der Waals surface area (Å²) in [6, 6.07) is 7.84. The summed E-state index contributed by atoms with van der Waals surface area (Å²) in [7, 11) is 0. The van der Waals surface area contributed by atoms with Crippen LogP contribution in [0.5, 0.6) is 5.75 Å². The van der Waals surface area contributed by atoms with E-state index >= 15 is 0 Å². The summed E-state index contributed by atoms with van der Waals surface area (Å²) in [5.74, 6) is 0.593. The van der Waals surface area contributed by atoms with Crippen LogP contribution in [-0.2, 0) is 0 Å². The highest BCUT2D eigenvalue weighted by atomic mass is 16.5. The Kier molecular flexibility index (Phi) is 6.27. The molecule has 4 aromatic rings. The molecule has 1 aliphatic rings. The maximum atomic E-state index is 13.0. The largest absolute Gasteiger partial charge is 0.491 e. The van der Waals surface area contributed by atoms with Gasteiger partial charge >= 0.3 is 0 Å². The number of fused-ring (bicyclic) bond motifs is 1. The maximum absolute atomic E-state index is 13.0. The van der Waals surface area contributed by atoms with Crippen molar-refractivity contribution >= 4 is 22.5 Å². The monoisotopic (exact) mass is 460 g/mol. The molecule has 0 aliphatic carbocycles. The fraction of sp³-hybridized carbons (Fsp3) is 0.360. The first kappa shape index (κ1) is 22.1. The zero-order valence-corrected chi connectivity index (χ0v) is 19.4. The molecule has 4 heterocycles. The zero-order chi connectivity index (χ0) is 23.5. The van der Waals surface area contributed by atoms with Crippen LogP contribution < -0.4 is 15.4 Å². The lowest BCUT2D eigenvalue weighted by atomic mass is 10.1. The van der Waals surface area contributed by atoms with Crippen LogP contribution >= 0.6 is 0 Å². The van der Waals surface area contributed by atoms with Crippen molar-refractivity contribution in [2.75, 3.05) is 25.0 Å². The number of anilines is 1. The highest BCUT2D eigenvalue weighted by Gasteiger charge is 2.20. The van der Waals surface area contributed by atoms with Gasteiger partial charge in [0.25, 0.3) is 5.91 Å². The number of amides is 1. The van der Waals surface area contributed by atoms with Crippen LogP contribution in [0, 0.1) is 6.92 Å². The minimum atomic E-state index is -0.368. The minimum Gasteiger partial charge on any atom is -0.491 e. The maximum Gasteiger partial charge on any atom is 0.277 e. The van der Waals surface area contributed by atoms with Crippen LogP contribution in [0.25, 0.3) is 22.4 Å². The Labute approximate surface area is 197 Å². The SMILES string of the molecule is CCCOc1cc2nn(C3CCNCC3)cc2cc1NC(=O)c1coc(-c2ccnc(C)c2)n1. The minimum absolute atomic E-state index is 0.191. The molecule has 1 amide bonds. The van der Waals surface area contributed by atoms with Gasteiger partial charge in [0.2, 0.25) is 5.89 Å². The van der Waals surface area contributed by atoms with Gasteiger partial charge in [0.1, 0.15) is 12.0 Å². The predicted molar refractivity (Wildman–Crippen MR) is 129 cm³/mol. The Balaban J connectivity index is 1.41. The summed E-state index contributed by atoms with van der Waals surface area (Å²) in [6.45, 7) is 6.46. The summed E-state index contributed by atoms with van der Waals surface area (Å²) < 4.78 is 13.5. The number of aromatic nitrogens is 4. The van der Waals surface area contributed by atoms with Gasteiger partial charge in [0.05, 0.1) is 23.9 Å². The van der Waals surface area contributed by atoms with Gasteiger partial charge in [-0.25, -0.2) is 4.98 Å². The normalized spacial score (nSPS) is 14.4. The molecule has 0 atom stereocenters. The molecule has 1 saturated heterocycles. The molecule has 1 aliphatic heterocycles. The van der Waals surface area contributed by atoms with Crippen molar-refractivity contribution in [2.24, 2.45) is 0 Å². The number of rotatable bonds is 7. The van der Waals surface area contributed by atoms with E-state index in [1.807, 2.05) is 42.9 Å². The van der Waals surface area contributed by atoms with Gasteiger partial charge in [0.15, 0.2) is 5.69 Å². The number of hydrogen-bond acceptors (Lipinski definition) is 7. The van der Waals surface area contributed by atoms with Gasteiger partial charge in [-0.2, -0.15) is 5.10 Å². The highest BCUT2D eigenvalue weighted by molar-refractivity contribution is 6.05. The van der Waals surface area contributed by atoms with E-state index < -0.39 is 0 Å². The first-order chi connectivity index (χ1) is 16.6. The molecule has 1 aromatic carbocycles. The van der Waals surface area contributed by atoms with Crippen LogP contribution in [0.2, 0.25) is 0 Å². The van der Waals surface area contributed by atoms with E-state index in [-0.39, 0.29) is 11.6 Å². The average molecular weight is 461 g/mol. The van der Waals surface area contributed by atoms with Crippen LogP contribution in [0.15, 0.2) is 47.3 Å². The van der Waals surface area contributed by atoms with Crippen molar-refractivity contribution < 1.29 is 13.9 Å². The third-order valence-corrected chi connectivity index (χ3v) is 5.90. The van der Waals surface area contributed by atoms with Gasteiger partial charge in [-0.3, -0.25) is 14.5 Å². The molecule has 176 valence electrons. The summed E-state index contributed by atoms with van der Waals surface area (Å²) in [5.41, 5.74) is 3.24. The number of piperidine rings is 1. The molecule has 1 fully saturated rings. The number of pyridine rings is 1. The summed E-state index contributed by atoms with van der Waals surface area (Å²) >= 11 is 0. The predicted octanol–water partition coefficient (Wildman–Crippen LogP) is 4.36. The smallest absolute Gasteiger partial charge is 0.277 e. The lowest BCUT2D eigenvalue weighted by Gasteiger charge is -2.22. The third kappa shape index (κ3) is 4.65. The second kappa shape index (κ2) is 9.64. The van der Waals surface area contributed by atoms with Crippen LogP contribution in [0.1, 0.15) is 48.4 Å². The fourth-order valence-electron chi connectivity index (χ4n) is 4.13. The summed E-state index contributed by atoms with van der Waals surface area (Å²) in [6.07, 6.45) is 8.04. The van der Waals surface area contributed by atoms with E-state index in [4.69, 9.17) is 14.3 Å². The van der Waals surface area contributed by atoms with Crippen molar-refractivity contribution in [3.63, 3.8) is 0 Å². The number of nitrogens with zero attached hydrogens (tertiary/aromatic N) is 4. The molecule has 0 spiro atoms. The number of oxazole rings is 1. The molecule has 5 rings (SSSR count). The summed E-state index contributed by atoms with van der Waals surface area (Å²) in [5, 5.41) is 12.1. The van der Waals surface area contributed by atoms with Crippen molar-refractivity contribution in [3.05, 3.63) is 54.3 Å². The van der Waals surface area contributed by atoms with E-state index in [2.05, 4.69) is 20.6 Å². The number of hydrogen-bond donors (Lipinski definition) is 2. The molecule has 3 aromatic heterocycles. The number of carbonyl (C=O) groups excluding carboxylic acids is 1. The second-order valence-electron chi connectivity index (χ2n) is 8.52. The first-order valence-electron chi connectivity index (χ1n) is 11.7. The van der Waals surface area contributed by atoms with E-state index in [0.717, 1.165) is 54.5 Å². The number of ether oxygens (including phenoxy) is 1. The standard InChI is InChI=1S/C25H28N6O3/c1-3-10-33-23-13-20-18(14-31(30-20)19-5-7-26-8-6-19)12-21(23)28-24(32)22-15-34-25(29-22)17-4-9-27-16(2)11-17/h4,9,11-15,19,26H,3,5-8,10H2,1-2H3,(H,28,32). The van der Waals surface area contributed by atoms with Gasteiger partial charge in [-0.05, 0) is 57.5 Å². The van der Waals surface area contributed by atoms with Gasteiger partial charge in [-0.1, -0.05) is 6.92 Å². The van der Waals surface area contributed by atoms with Crippen molar-refractivity contribution in [2.45, 2.75) is 39.2 Å². The lowest BCUT2D eigenvalue weighted by Crippen LogP contribution is -2.29. The number of nitrogens with one attached hydrogen (secondary N) is 2. The number of carbonyl (C=O) groups is 1. The van der Waals surface area contributed by atoms with Crippen molar-refractivity contribution in [3.8, 4) is 17.2 Å². The fourth-order valence-corrected chi connectivity index (χ4v) is 4.13. The third-order valence-electron chi connectivity index (χ3n) is 5.90. The van der Waals surface area contributed by atoms with Crippen molar-refractivity contribution in [1.29, 1.82) is 0 Å². The molecule has 0 saturated carbocycles. The van der Waals surface area contributed by atoms with Crippen molar-refractivity contribution in [1.82, 2.24) is 25.1 Å². The van der Waals surface area contributed by atoms with Gasteiger partial charge in [-0.15, -0.1) is 0 Å². The van der Waals surface area contributed by atoms with Crippen LogP contribution in [0.3, 0.4) is 0 Å². The topological polar surface area (TPSA) is 107 Å². The highest BCUT2D eigenvalue weighted by Crippen LogP contribution is 2.32. The Bertz CT molecular complexity index is 1310. The number of aryl methyl sites for hydroxylation is 1. The molecule has 2 N–H and O–H groups in total. The molecule has 0 unspecified atom stereocenters. The molecule has 9 heteroatoms. The Hall–Kier alpha value is -3.72. The van der Waals surface area contributed by atoms with E-state index in [9.17, 15) is 4.79 Å². The van der Waals surface area contributed by atoms with E-state index in [0.29, 0.717) is 30.0 Å². The van der Waals surface area contributed by atoms with Crippen LogP contribution in [0.4, 0.5) is 5.69 Å². The molecule has 0 bridgehead atoms. The van der Waals surface area contributed by atoms with Gasteiger partial charge in [0, 0.05) is 35.1 Å². The molecular weight excluding hydrogens is 432 g/mol. The van der Waals surface area contributed by atoms with E-state index in [1.54, 1.807) is 12.3 Å². The zero-order valence-electron chi connectivity index (χ0n) is 19.4. The van der Waals surface area contributed by atoms with Gasteiger partial charge < -0.3 is 19.8 Å². The molecule has 9 nitrogen and oxygen atoms in total. The molecule has 0 radical (unpaired) electrons. The Morgan fingerprint density at radius 1 is 1.29 bits per heavy atom. The average Bonchev–Trinajstić information content (AvgIpc) is 3.51. The molecule has 34 heavy (non-hydrogen) atoms. The van der Waals surface area contributed by atoms with E-state index in [1.165, 1.54) is 6.26 Å². The quantitative estimate of drug-likeness (QED) is 0.422. The van der Waals surface area contributed by atoms with Crippen LogP contribution in [-0.4, -0.2) is 45.4 Å².